The number of imidazole rings is 1. The van der Waals surface area contributed by atoms with E-state index in [0.29, 0.717) is 19.0 Å². The van der Waals surface area contributed by atoms with E-state index in [-0.39, 0.29) is 0 Å². The van der Waals surface area contributed by atoms with Gasteiger partial charge in [0.15, 0.2) is 5.96 Å². The van der Waals surface area contributed by atoms with Crippen molar-refractivity contribution in [2.75, 3.05) is 7.05 Å². The van der Waals surface area contributed by atoms with Crippen LogP contribution in [-0.2, 0) is 13.1 Å². The molecule has 0 atom stereocenters. The normalized spacial score (nSPS) is 11.3. The van der Waals surface area contributed by atoms with E-state index >= 15 is 0 Å². The molecule has 3 aromatic rings. The number of benzene rings is 1. The van der Waals surface area contributed by atoms with E-state index in [4.69, 9.17) is 0 Å². The molecule has 0 radical (unpaired) electrons. The summed E-state index contributed by atoms with van der Waals surface area (Å²) in [7, 11) is 1.74. The summed E-state index contributed by atoms with van der Waals surface area (Å²) in [4.78, 5) is 16.2. The van der Waals surface area contributed by atoms with Crippen molar-refractivity contribution in [2.24, 2.45) is 4.99 Å². The van der Waals surface area contributed by atoms with Gasteiger partial charge in [0.25, 0.3) is 0 Å². The smallest absolute Gasteiger partial charge is 0.191 e. The monoisotopic (exact) mass is 320 g/mol. The van der Waals surface area contributed by atoms with Gasteiger partial charge in [-0.15, -0.1) is 0 Å². The molecule has 0 amide bonds. The summed E-state index contributed by atoms with van der Waals surface area (Å²) in [5.74, 6) is 1.56. The fourth-order valence-corrected chi connectivity index (χ4v) is 2.28. The number of nitrogens with zero attached hydrogens (tertiary/aromatic N) is 3. The van der Waals surface area contributed by atoms with Crippen molar-refractivity contribution in [3.05, 3.63) is 72.4 Å². The Bertz CT molecular complexity index is 780. The molecule has 2 aromatic heterocycles. The van der Waals surface area contributed by atoms with Crippen molar-refractivity contribution in [3.63, 3.8) is 0 Å². The minimum atomic E-state index is 0.564. The maximum Gasteiger partial charge on any atom is 0.191 e. The molecule has 0 fully saturated rings. The van der Waals surface area contributed by atoms with Crippen LogP contribution in [-0.4, -0.2) is 28.0 Å². The Labute approximate surface area is 141 Å². The number of hydrogen-bond acceptors (Lipinski definition) is 3. The second kappa shape index (κ2) is 7.92. The summed E-state index contributed by atoms with van der Waals surface area (Å²) in [5, 5.41) is 6.47. The minimum absolute atomic E-state index is 0.564. The number of aromatic amines is 1. The van der Waals surface area contributed by atoms with Gasteiger partial charge in [-0.05, 0) is 17.7 Å². The van der Waals surface area contributed by atoms with Crippen LogP contribution in [0, 0.1) is 0 Å². The number of pyridine rings is 1. The van der Waals surface area contributed by atoms with E-state index < -0.39 is 0 Å². The largest absolute Gasteiger partial charge is 0.351 e. The Hall–Kier alpha value is -3.15. The lowest BCUT2D eigenvalue weighted by atomic mass is 10.2. The average molecular weight is 320 g/mol. The van der Waals surface area contributed by atoms with E-state index in [1.165, 1.54) is 0 Å². The minimum Gasteiger partial charge on any atom is -0.351 e. The Morgan fingerprint density at radius 1 is 1.00 bits per heavy atom. The molecule has 122 valence electrons. The molecule has 0 aliphatic carbocycles. The quantitative estimate of drug-likeness (QED) is 0.498. The van der Waals surface area contributed by atoms with Crippen molar-refractivity contribution < 1.29 is 0 Å². The summed E-state index contributed by atoms with van der Waals surface area (Å²) in [6.07, 6.45) is 3.62. The lowest BCUT2D eigenvalue weighted by molar-refractivity contribution is 0.772. The first-order chi connectivity index (χ1) is 11.8. The Balaban J connectivity index is 1.54. The van der Waals surface area contributed by atoms with Gasteiger partial charge in [-0.2, -0.15) is 0 Å². The van der Waals surface area contributed by atoms with Gasteiger partial charge in [0.2, 0.25) is 0 Å². The zero-order chi connectivity index (χ0) is 16.6. The van der Waals surface area contributed by atoms with Gasteiger partial charge in [0, 0.05) is 13.2 Å². The lowest BCUT2D eigenvalue weighted by Gasteiger charge is -2.10. The molecule has 6 heteroatoms. The van der Waals surface area contributed by atoms with Gasteiger partial charge in [0.05, 0.1) is 30.7 Å². The van der Waals surface area contributed by atoms with Gasteiger partial charge in [0.1, 0.15) is 5.82 Å². The van der Waals surface area contributed by atoms with Crippen molar-refractivity contribution in [3.8, 4) is 11.3 Å². The third kappa shape index (κ3) is 4.19. The molecule has 0 bridgehead atoms. The van der Waals surface area contributed by atoms with Gasteiger partial charge in [-0.25, -0.2) is 4.98 Å². The first-order valence-corrected chi connectivity index (χ1v) is 7.79. The Kier molecular flexibility index (Phi) is 5.19. The molecule has 3 N–H and O–H groups in total. The molecule has 3 rings (SSSR count). The average Bonchev–Trinajstić information content (AvgIpc) is 3.12. The predicted molar refractivity (Wildman–Crippen MR) is 95.3 cm³/mol. The van der Waals surface area contributed by atoms with Crippen LogP contribution in [0.3, 0.4) is 0 Å². The van der Waals surface area contributed by atoms with Crippen LogP contribution in [0.4, 0.5) is 0 Å². The highest BCUT2D eigenvalue weighted by molar-refractivity contribution is 5.79. The highest BCUT2D eigenvalue weighted by Crippen LogP contribution is 2.15. The van der Waals surface area contributed by atoms with Gasteiger partial charge in [-0.1, -0.05) is 36.4 Å². The van der Waals surface area contributed by atoms with Crippen molar-refractivity contribution in [1.29, 1.82) is 0 Å². The fourth-order valence-electron chi connectivity index (χ4n) is 2.28. The van der Waals surface area contributed by atoms with Crippen LogP contribution in [0.2, 0.25) is 0 Å². The number of guanidine groups is 1. The van der Waals surface area contributed by atoms with E-state index in [1.807, 2.05) is 42.6 Å². The Morgan fingerprint density at radius 3 is 2.54 bits per heavy atom. The van der Waals surface area contributed by atoms with Crippen LogP contribution >= 0.6 is 0 Å². The summed E-state index contributed by atoms with van der Waals surface area (Å²) in [6, 6.07) is 16.0. The fraction of sp³-hybridized carbons (Fsp3) is 0.167. The molecule has 2 heterocycles. The second-order valence-corrected chi connectivity index (χ2v) is 5.21. The number of nitrogens with one attached hydrogen (secondary N) is 3. The maximum atomic E-state index is 4.40. The van der Waals surface area contributed by atoms with Crippen molar-refractivity contribution in [1.82, 2.24) is 25.6 Å². The number of aliphatic imine (C=N–C) groups is 1. The Morgan fingerprint density at radius 2 is 1.79 bits per heavy atom. The first kappa shape index (κ1) is 15.7. The lowest BCUT2D eigenvalue weighted by Crippen LogP contribution is -2.36. The van der Waals surface area contributed by atoms with Crippen LogP contribution in [0.25, 0.3) is 11.3 Å². The molecular weight excluding hydrogens is 300 g/mol. The summed E-state index contributed by atoms with van der Waals surface area (Å²) in [5.41, 5.74) is 3.09. The summed E-state index contributed by atoms with van der Waals surface area (Å²) >= 11 is 0. The molecule has 24 heavy (non-hydrogen) atoms. The van der Waals surface area contributed by atoms with Crippen LogP contribution < -0.4 is 10.6 Å². The molecule has 0 unspecified atom stereocenters. The summed E-state index contributed by atoms with van der Waals surface area (Å²) in [6.45, 7) is 1.18. The number of rotatable bonds is 5. The number of aromatic nitrogens is 3. The maximum absolute atomic E-state index is 4.40. The molecule has 0 saturated heterocycles. The molecular formula is C18H20N6. The third-order valence-electron chi connectivity index (χ3n) is 3.52. The second-order valence-electron chi connectivity index (χ2n) is 5.21. The van der Waals surface area contributed by atoms with E-state index in [2.05, 4.69) is 42.7 Å². The SMILES string of the molecule is CN=C(NCc1ccccn1)NCc1ncc(-c2ccccc2)[nH]1. The van der Waals surface area contributed by atoms with E-state index in [1.54, 1.807) is 13.2 Å². The molecule has 0 saturated carbocycles. The zero-order valence-corrected chi connectivity index (χ0v) is 13.5. The van der Waals surface area contributed by atoms with Crippen molar-refractivity contribution >= 4 is 5.96 Å². The topological polar surface area (TPSA) is 78.0 Å². The molecule has 1 aromatic carbocycles. The number of hydrogen-bond donors (Lipinski definition) is 3. The molecule has 0 spiro atoms. The molecule has 6 nitrogen and oxygen atoms in total. The van der Waals surface area contributed by atoms with E-state index in [9.17, 15) is 0 Å². The highest BCUT2D eigenvalue weighted by atomic mass is 15.2. The zero-order valence-electron chi connectivity index (χ0n) is 13.5. The third-order valence-corrected chi connectivity index (χ3v) is 3.52. The summed E-state index contributed by atoms with van der Waals surface area (Å²) < 4.78 is 0. The van der Waals surface area contributed by atoms with Crippen LogP contribution in [0.5, 0.6) is 0 Å². The van der Waals surface area contributed by atoms with Gasteiger partial charge in [-0.3, -0.25) is 9.98 Å². The highest BCUT2D eigenvalue weighted by Gasteiger charge is 2.04. The van der Waals surface area contributed by atoms with Gasteiger partial charge < -0.3 is 15.6 Å². The van der Waals surface area contributed by atoms with Crippen molar-refractivity contribution in [2.45, 2.75) is 13.1 Å². The standard InChI is InChI=1S/C18H20N6/c1-19-18(22-11-15-9-5-6-10-20-15)23-13-17-21-12-16(24-17)14-7-3-2-4-8-14/h2-10,12H,11,13H2,1H3,(H,21,24)(H2,19,22,23). The van der Waals surface area contributed by atoms with Crippen LogP contribution in [0.1, 0.15) is 11.5 Å². The first-order valence-electron chi connectivity index (χ1n) is 7.79. The molecule has 0 aliphatic heterocycles. The van der Waals surface area contributed by atoms with E-state index in [0.717, 1.165) is 22.8 Å². The van der Waals surface area contributed by atoms with Crippen LogP contribution in [0.15, 0.2) is 65.9 Å². The number of H-pyrrole nitrogens is 1. The van der Waals surface area contributed by atoms with Gasteiger partial charge >= 0.3 is 0 Å². The predicted octanol–water partition coefficient (Wildman–Crippen LogP) is 2.34. The molecule has 0 aliphatic rings.